The number of hydrogen-bond acceptors (Lipinski definition) is 4. The third-order valence-electron chi connectivity index (χ3n) is 6.36. The van der Waals surface area contributed by atoms with E-state index in [2.05, 4.69) is 10.6 Å². The van der Waals surface area contributed by atoms with Crippen LogP contribution < -0.4 is 20.1 Å². The normalized spacial score (nSPS) is 27.0. The first kappa shape index (κ1) is 21.5. The highest BCUT2D eigenvalue weighted by Crippen LogP contribution is 2.35. The fourth-order valence-corrected chi connectivity index (χ4v) is 4.79. The molecule has 2 aliphatic carbocycles. The number of amides is 2. The van der Waals surface area contributed by atoms with Crippen LogP contribution in [0.15, 0.2) is 24.3 Å². The van der Waals surface area contributed by atoms with Crippen LogP contribution in [0.3, 0.4) is 0 Å². The first-order valence-corrected chi connectivity index (χ1v) is 10.9. The molecule has 6 heteroatoms. The predicted octanol–water partition coefficient (Wildman–Crippen LogP) is 4.43. The molecule has 0 unspecified atom stereocenters. The number of carbonyl (C=O) groups excluding carboxylic acids is 2. The number of ether oxygens (including phenoxy) is 2. The van der Waals surface area contributed by atoms with Crippen molar-refractivity contribution in [3.05, 3.63) is 24.3 Å². The summed E-state index contributed by atoms with van der Waals surface area (Å²) in [5.41, 5.74) is 0. The smallest absolute Gasteiger partial charge is 0.412 e. The lowest BCUT2D eigenvalue weighted by Gasteiger charge is -2.34. The van der Waals surface area contributed by atoms with Crippen LogP contribution in [0.5, 0.6) is 11.5 Å². The zero-order chi connectivity index (χ0) is 20.6. The lowest BCUT2D eigenvalue weighted by atomic mass is 9.75. The Hall–Kier alpha value is -2.24. The third kappa shape index (κ3) is 6.94. The lowest BCUT2D eigenvalue weighted by Crippen LogP contribution is -2.39. The summed E-state index contributed by atoms with van der Waals surface area (Å²) in [6, 6.07) is 7.59. The summed E-state index contributed by atoms with van der Waals surface area (Å²) in [6.07, 6.45) is 9.93. The van der Waals surface area contributed by atoms with Crippen molar-refractivity contribution in [3.63, 3.8) is 0 Å². The van der Waals surface area contributed by atoms with Gasteiger partial charge in [-0.1, -0.05) is 0 Å². The first-order chi connectivity index (χ1) is 14.0. The third-order valence-corrected chi connectivity index (χ3v) is 6.36. The predicted molar refractivity (Wildman–Crippen MR) is 112 cm³/mol. The van der Waals surface area contributed by atoms with Crippen LogP contribution >= 0.6 is 0 Å². The van der Waals surface area contributed by atoms with E-state index in [1.54, 1.807) is 38.3 Å². The number of rotatable bonds is 6. The molecule has 3 rings (SSSR count). The van der Waals surface area contributed by atoms with Gasteiger partial charge in [-0.05, 0) is 93.9 Å². The maximum atomic E-state index is 12.1. The standard InChI is InChI=1S/C23H34N2O4/c1-16(26)24-19-7-3-17(4-8-19)15-18-5-9-20(10-6-18)25-23(27)29-22-13-11-21(28-2)12-14-22/h11-14,17-20H,3-10,15H2,1-2H3,(H,24,26)(H,25,27). The van der Waals surface area contributed by atoms with Gasteiger partial charge in [0.05, 0.1) is 7.11 Å². The topological polar surface area (TPSA) is 76.7 Å². The summed E-state index contributed by atoms with van der Waals surface area (Å²) >= 11 is 0. The van der Waals surface area contributed by atoms with Crippen molar-refractivity contribution in [3.8, 4) is 11.5 Å². The van der Waals surface area contributed by atoms with E-state index in [1.165, 1.54) is 32.1 Å². The second-order valence-corrected chi connectivity index (χ2v) is 8.58. The molecule has 160 valence electrons. The molecule has 0 aromatic heterocycles. The van der Waals surface area contributed by atoms with Gasteiger partial charge in [-0.2, -0.15) is 0 Å². The van der Waals surface area contributed by atoms with Gasteiger partial charge in [0, 0.05) is 19.0 Å². The van der Waals surface area contributed by atoms with E-state index in [1.807, 2.05) is 0 Å². The van der Waals surface area contributed by atoms with Crippen molar-refractivity contribution in [1.29, 1.82) is 0 Å². The van der Waals surface area contributed by atoms with Crippen LogP contribution in [0, 0.1) is 11.8 Å². The van der Waals surface area contributed by atoms with E-state index < -0.39 is 0 Å². The quantitative estimate of drug-likeness (QED) is 0.738. The Labute approximate surface area is 173 Å². The number of nitrogens with one attached hydrogen (secondary N) is 2. The zero-order valence-electron chi connectivity index (χ0n) is 17.6. The van der Waals surface area contributed by atoms with Crippen molar-refractivity contribution in [2.24, 2.45) is 11.8 Å². The number of methoxy groups -OCH3 is 1. The van der Waals surface area contributed by atoms with Crippen LogP contribution in [0.2, 0.25) is 0 Å². The zero-order valence-corrected chi connectivity index (χ0v) is 17.6. The monoisotopic (exact) mass is 402 g/mol. The minimum Gasteiger partial charge on any atom is -0.497 e. The Balaban J connectivity index is 1.33. The van der Waals surface area contributed by atoms with E-state index in [0.717, 1.165) is 43.3 Å². The van der Waals surface area contributed by atoms with E-state index in [-0.39, 0.29) is 18.0 Å². The van der Waals surface area contributed by atoms with Crippen LogP contribution in [0.4, 0.5) is 4.79 Å². The Bertz CT molecular complexity index is 660. The number of carbonyl (C=O) groups is 2. The second-order valence-electron chi connectivity index (χ2n) is 8.58. The summed E-state index contributed by atoms with van der Waals surface area (Å²) in [7, 11) is 1.61. The average Bonchev–Trinajstić information content (AvgIpc) is 2.71. The van der Waals surface area contributed by atoms with Crippen molar-refractivity contribution >= 4 is 12.0 Å². The molecule has 29 heavy (non-hydrogen) atoms. The van der Waals surface area contributed by atoms with Crippen molar-refractivity contribution in [2.75, 3.05) is 7.11 Å². The molecule has 6 nitrogen and oxygen atoms in total. The van der Waals surface area contributed by atoms with Crippen molar-refractivity contribution in [2.45, 2.75) is 76.8 Å². The highest BCUT2D eigenvalue weighted by Gasteiger charge is 2.28. The number of hydrogen-bond donors (Lipinski definition) is 2. The second kappa shape index (κ2) is 10.5. The summed E-state index contributed by atoms with van der Waals surface area (Å²) in [5, 5.41) is 6.07. The Morgan fingerprint density at radius 1 is 0.828 bits per heavy atom. The maximum Gasteiger partial charge on any atom is 0.412 e. The molecule has 2 fully saturated rings. The molecule has 0 saturated heterocycles. The summed E-state index contributed by atoms with van der Waals surface area (Å²) < 4.78 is 10.5. The molecule has 2 N–H and O–H groups in total. The van der Waals surface area contributed by atoms with Gasteiger partial charge in [0.15, 0.2) is 0 Å². The van der Waals surface area contributed by atoms with Crippen LogP contribution in [0.25, 0.3) is 0 Å². The summed E-state index contributed by atoms with van der Waals surface area (Å²) in [5.74, 6) is 2.89. The van der Waals surface area contributed by atoms with Gasteiger partial charge in [-0.15, -0.1) is 0 Å². The van der Waals surface area contributed by atoms with Gasteiger partial charge >= 0.3 is 6.09 Å². The minimum absolute atomic E-state index is 0.0878. The highest BCUT2D eigenvalue weighted by molar-refractivity contribution is 5.73. The Kier molecular flexibility index (Phi) is 7.78. The van der Waals surface area contributed by atoms with Gasteiger partial charge in [-0.3, -0.25) is 4.79 Å². The average molecular weight is 403 g/mol. The van der Waals surface area contributed by atoms with E-state index in [9.17, 15) is 9.59 Å². The molecule has 0 bridgehead atoms. The van der Waals surface area contributed by atoms with E-state index in [4.69, 9.17) is 9.47 Å². The molecule has 0 spiro atoms. The van der Waals surface area contributed by atoms with Gasteiger partial charge in [-0.25, -0.2) is 4.79 Å². The fraction of sp³-hybridized carbons (Fsp3) is 0.652. The minimum atomic E-state index is -0.380. The Morgan fingerprint density at radius 3 is 1.79 bits per heavy atom. The van der Waals surface area contributed by atoms with E-state index >= 15 is 0 Å². The number of benzene rings is 1. The fourth-order valence-electron chi connectivity index (χ4n) is 4.79. The molecule has 0 atom stereocenters. The van der Waals surface area contributed by atoms with E-state index in [0.29, 0.717) is 11.8 Å². The SMILES string of the molecule is COc1ccc(OC(=O)NC2CCC(CC3CCC(NC(C)=O)CC3)CC2)cc1. The van der Waals surface area contributed by atoms with Crippen LogP contribution in [0.1, 0.15) is 64.7 Å². The molecule has 0 radical (unpaired) electrons. The molecule has 0 aliphatic heterocycles. The first-order valence-electron chi connectivity index (χ1n) is 10.9. The van der Waals surface area contributed by atoms with Crippen LogP contribution in [-0.2, 0) is 4.79 Å². The van der Waals surface area contributed by atoms with Crippen molar-refractivity contribution in [1.82, 2.24) is 10.6 Å². The molecule has 2 saturated carbocycles. The molecule has 2 amide bonds. The highest BCUT2D eigenvalue weighted by atomic mass is 16.6. The largest absolute Gasteiger partial charge is 0.497 e. The van der Waals surface area contributed by atoms with Gasteiger partial charge in [0.1, 0.15) is 11.5 Å². The molecular weight excluding hydrogens is 368 g/mol. The molecule has 2 aliphatic rings. The molecule has 0 heterocycles. The van der Waals surface area contributed by atoms with Crippen LogP contribution in [-0.4, -0.2) is 31.2 Å². The summed E-state index contributed by atoms with van der Waals surface area (Å²) in [6.45, 7) is 1.60. The van der Waals surface area contributed by atoms with Gasteiger partial charge in [0.25, 0.3) is 0 Å². The van der Waals surface area contributed by atoms with Gasteiger partial charge in [0.2, 0.25) is 5.91 Å². The van der Waals surface area contributed by atoms with Gasteiger partial charge < -0.3 is 20.1 Å². The Morgan fingerprint density at radius 2 is 1.31 bits per heavy atom. The molecule has 1 aromatic carbocycles. The molecular formula is C23H34N2O4. The lowest BCUT2D eigenvalue weighted by molar-refractivity contribution is -0.119. The molecule has 1 aromatic rings. The maximum absolute atomic E-state index is 12.1. The summed E-state index contributed by atoms with van der Waals surface area (Å²) in [4.78, 5) is 23.3. The van der Waals surface area contributed by atoms with Crippen molar-refractivity contribution < 1.29 is 19.1 Å².